The van der Waals surface area contributed by atoms with E-state index in [2.05, 4.69) is 10.5 Å². The van der Waals surface area contributed by atoms with Gasteiger partial charge < -0.3 is 20.2 Å². The zero-order valence-corrected chi connectivity index (χ0v) is 20.5. The Balaban J connectivity index is 1.43. The molecule has 8 heteroatoms. The third-order valence-electron chi connectivity index (χ3n) is 7.46. The predicted molar refractivity (Wildman–Crippen MR) is 139 cm³/mol. The fourth-order valence-electron chi connectivity index (χ4n) is 5.56. The molecule has 190 valence electrons. The van der Waals surface area contributed by atoms with Crippen LogP contribution in [0.15, 0.2) is 71.9 Å². The van der Waals surface area contributed by atoms with Crippen molar-refractivity contribution in [3.05, 3.63) is 89.2 Å². The molecule has 7 nitrogen and oxygen atoms in total. The number of methoxy groups -OCH3 is 1. The molecule has 0 bridgehead atoms. The number of anilines is 2. The van der Waals surface area contributed by atoms with Gasteiger partial charge in [0.2, 0.25) is 0 Å². The molecular weight excluding hydrogens is 473 g/mol. The molecule has 1 aliphatic carbocycles. The summed E-state index contributed by atoms with van der Waals surface area (Å²) < 4.78 is 19.0. The second-order valence-corrected chi connectivity index (χ2v) is 9.57. The van der Waals surface area contributed by atoms with Crippen LogP contribution in [0.2, 0.25) is 0 Å². The Hall–Kier alpha value is -4.20. The lowest BCUT2D eigenvalue weighted by molar-refractivity contribution is 0.0984. The van der Waals surface area contributed by atoms with Crippen LogP contribution in [-0.2, 0) is 6.42 Å². The van der Waals surface area contributed by atoms with Crippen LogP contribution in [0, 0.1) is 11.2 Å². The summed E-state index contributed by atoms with van der Waals surface area (Å²) in [6.45, 7) is 0.481. The summed E-state index contributed by atoms with van der Waals surface area (Å²) in [5, 5.41) is 16.0. The van der Waals surface area contributed by atoms with Crippen LogP contribution in [0.5, 0.6) is 5.75 Å². The van der Waals surface area contributed by atoms with Crippen molar-refractivity contribution in [2.45, 2.75) is 32.1 Å². The van der Waals surface area contributed by atoms with Crippen molar-refractivity contribution in [1.82, 2.24) is 0 Å². The van der Waals surface area contributed by atoms with Crippen LogP contribution in [0.25, 0.3) is 0 Å². The SMILES string of the molecule is COc1cc(C(=O)N2CCC3(CCCC3=NO)Cc3ccccc32)ccc1NC(=O)c1cccc(F)c1. The number of ether oxygens (including phenoxy) is 1. The number of nitrogens with zero attached hydrogens (tertiary/aromatic N) is 2. The minimum Gasteiger partial charge on any atom is -0.495 e. The van der Waals surface area contributed by atoms with E-state index >= 15 is 0 Å². The lowest BCUT2D eigenvalue weighted by Gasteiger charge is -2.28. The molecule has 2 aliphatic rings. The van der Waals surface area contributed by atoms with Crippen molar-refractivity contribution < 1.29 is 23.9 Å². The fourth-order valence-corrected chi connectivity index (χ4v) is 5.56. The van der Waals surface area contributed by atoms with E-state index in [0.29, 0.717) is 30.0 Å². The molecule has 1 atom stereocenters. The topological polar surface area (TPSA) is 91.2 Å². The summed E-state index contributed by atoms with van der Waals surface area (Å²) >= 11 is 0. The minimum absolute atomic E-state index is 0.176. The van der Waals surface area contributed by atoms with Crippen molar-refractivity contribution in [3.8, 4) is 5.75 Å². The Bertz CT molecular complexity index is 1390. The maximum Gasteiger partial charge on any atom is 0.258 e. The standard InChI is InChI=1S/C29H28FN3O4/c1-37-25-17-20(11-12-23(25)31-27(34)19-7-4-8-22(30)16-19)28(35)33-15-14-29(13-5-10-26(29)32-36)18-21-6-2-3-9-24(21)33/h2-4,6-9,11-12,16-17,36H,5,10,13-15,18H2,1H3,(H,31,34). The van der Waals surface area contributed by atoms with Gasteiger partial charge in [-0.3, -0.25) is 9.59 Å². The number of benzene rings is 3. The average Bonchev–Trinajstić information content (AvgIpc) is 3.23. The van der Waals surface area contributed by atoms with Crippen LogP contribution in [0.1, 0.15) is 52.0 Å². The molecule has 37 heavy (non-hydrogen) atoms. The highest BCUT2D eigenvalue weighted by Crippen LogP contribution is 2.46. The number of carbonyl (C=O) groups excluding carboxylic acids is 2. The third-order valence-corrected chi connectivity index (χ3v) is 7.46. The zero-order chi connectivity index (χ0) is 26.0. The van der Waals surface area contributed by atoms with E-state index in [-0.39, 0.29) is 16.9 Å². The number of nitrogens with one attached hydrogen (secondary N) is 1. The monoisotopic (exact) mass is 501 g/mol. The number of amides is 2. The van der Waals surface area contributed by atoms with Gasteiger partial charge in [-0.15, -0.1) is 0 Å². The molecule has 1 unspecified atom stereocenters. The molecule has 2 N–H and O–H groups in total. The Morgan fingerprint density at radius 2 is 1.89 bits per heavy atom. The predicted octanol–water partition coefficient (Wildman–Crippen LogP) is 5.68. The van der Waals surface area contributed by atoms with Gasteiger partial charge in [-0.25, -0.2) is 4.39 Å². The number of hydrogen-bond acceptors (Lipinski definition) is 5. The first-order valence-corrected chi connectivity index (χ1v) is 12.3. The van der Waals surface area contributed by atoms with E-state index in [4.69, 9.17) is 4.74 Å². The van der Waals surface area contributed by atoms with Crippen molar-refractivity contribution >= 4 is 28.9 Å². The molecule has 1 fully saturated rings. The number of halogens is 1. The largest absolute Gasteiger partial charge is 0.495 e. The molecule has 3 aromatic carbocycles. The zero-order valence-electron chi connectivity index (χ0n) is 20.5. The molecule has 5 rings (SSSR count). The number of carbonyl (C=O) groups is 2. The highest BCUT2D eigenvalue weighted by molar-refractivity contribution is 6.09. The highest BCUT2D eigenvalue weighted by atomic mass is 19.1. The van der Waals surface area contributed by atoms with E-state index in [1.807, 2.05) is 24.3 Å². The smallest absolute Gasteiger partial charge is 0.258 e. The van der Waals surface area contributed by atoms with Crippen molar-refractivity contribution in [2.24, 2.45) is 10.6 Å². The number of hydrogen-bond donors (Lipinski definition) is 2. The van der Waals surface area contributed by atoms with Crippen molar-refractivity contribution in [2.75, 3.05) is 23.9 Å². The van der Waals surface area contributed by atoms with Crippen LogP contribution >= 0.6 is 0 Å². The van der Waals surface area contributed by atoms with E-state index in [9.17, 15) is 19.2 Å². The first-order valence-electron chi connectivity index (χ1n) is 12.3. The number of rotatable bonds is 4. The fraction of sp³-hybridized carbons (Fsp3) is 0.276. The Morgan fingerprint density at radius 1 is 1.05 bits per heavy atom. The lowest BCUT2D eigenvalue weighted by Crippen LogP contribution is -2.35. The average molecular weight is 502 g/mol. The molecule has 0 saturated heterocycles. The first kappa shape index (κ1) is 24.5. The van der Waals surface area contributed by atoms with E-state index in [0.717, 1.165) is 48.7 Å². The van der Waals surface area contributed by atoms with Gasteiger partial charge in [0, 0.05) is 28.8 Å². The molecule has 1 spiro atoms. The Morgan fingerprint density at radius 3 is 2.68 bits per heavy atom. The third kappa shape index (κ3) is 4.67. The van der Waals surface area contributed by atoms with E-state index in [1.54, 1.807) is 23.1 Å². The molecule has 1 saturated carbocycles. The molecule has 0 aromatic heterocycles. The summed E-state index contributed by atoms with van der Waals surface area (Å²) in [4.78, 5) is 28.2. The van der Waals surface area contributed by atoms with Crippen LogP contribution in [-0.4, -0.2) is 36.4 Å². The van der Waals surface area contributed by atoms with E-state index < -0.39 is 11.7 Å². The van der Waals surface area contributed by atoms with Gasteiger partial charge >= 0.3 is 0 Å². The van der Waals surface area contributed by atoms with Crippen molar-refractivity contribution in [3.63, 3.8) is 0 Å². The van der Waals surface area contributed by atoms with Crippen LogP contribution < -0.4 is 15.0 Å². The number of oxime groups is 1. The minimum atomic E-state index is -0.505. The summed E-state index contributed by atoms with van der Waals surface area (Å²) in [5.41, 5.74) is 3.42. The summed E-state index contributed by atoms with van der Waals surface area (Å²) in [6.07, 6.45) is 4.09. The molecule has 1 heterocycles. The van der Waals surface area contributed by atoms with Gasteiger partial charge in [-0.1, -0.05) is 29.4 Å². The second kappa shape index (κ2) is 10.0. The molecule has 0 radical (unpaired) electrons. The summed E-state index contributed by atoms with van der Waals surface area (Å²) in [6, 6.07) is 18.1. The molecular formula is C29H28FN3O4. The molecule has 3 aromatic rings. The molecule has 1 aliphatic heterocycles. The Kier molecular flexibility index (Phi) is 6.65. The van der Waals surface area contributed by atoms with Crippen LogP contribution in [0.3, 0.4) is 0 Å². The molecule has 2 amide bonds. The number of fused-ring (bicyclic) bond motifs is 1. The normalized spacial score (nSPS) is 19.9. The van der Waals surface area contributed by atoms with Gasteiger partial charge in [0.05, 0.1) is 18.5 Å². The quantitative estimate of drug-likeness (QED) is 0.355. The van der Waals surface area contributed by atoms with Gasteiger partial charge in [0.15, 0.2) is 0 Å². The van der Waals surface area contributed by atoms with Gasteiger partial charge in [-0.05, 0) is 80.1 Å². The maximum absolute atomic E-state index is 13.8. The summed E-state index contributed by atoms with van der Waals surface area (Å²) in [5.74, 6) is -0.858. The van der Waals surface area contributed by atoms with Gasteiger partial charge in [0.25, 0.3) is 11.8 Å². The van der Waals surface area contributed by atoms with Crippen molar-refractivity contribution in [1.29, 1.82) is 0 Å². The first-order chi connectivity index (χ1) is 17.9. The van der Waals surface area contributed by atoms with Gasteiger partial charge in [-0.2, -0.15) is 0 Å². The maximum atomic E-state index is 13.8. The Labute approximate surface area is 214 Å². The lowest BCUT2D eigenvalue weighted by atomic mass is 9.76. The highest BCUT2D eigenvalue weighted by Gasteiger charge is 2.43. The van der Waals surface area contributed by atoms with E-state index in [1.165, 1.54) is 25.3 Å². The number of para-hydroxylation sites is 1. The van der Waals surface area contributed by atoms with Crippen LogP contribution in [0.4, 0.5) is 15.8 Å². The van der Waals surface area contributed by atoms with Gasteiger partial charge in [0.1, 0.15) is 11.6 Å². The second-order valence-electron chi connectivity index (χ2n) is 9.57. The summed E-state index contributed by atoms with van der Waals surface area (Å²) in [7, 11) is 1.46.